The van der Waals surface area contributed by atoms with Crippen molar-refractivity contribution in [2.45, 2.75) is 0 Å². The molecule has 1 nitrogen and oxygen atoms in total. The van der Waals surface area contributed by atoms with Gasteiger partial charge >= 0.3 is 0 Å². The van der Waals surface area contributed by atoms with E-state index in [0.29, 0.717) is 0 Å². The molecule has 1 N–H and O–H groups in total. The lowest BCUT2D eigenvalue weighted by molar-refractivity contribution is 0.322. The van der Waals surface area contributed by atoms with Gasteiger partial charge in [0.15, 0.2) is 0 Å². The molecule has 70 valence electrons. The summed E-state index contributed by atoms with van der Waals surface area (Å²) in [6, 6.07) is 10.2. The predicted octanol–water partition coefficient (Wildman–Crippen LogP) is 2.43. The van der Waals surface area contributed by atoms with Crippen molar-refractivity contribution in [1.82, 2.24) is 0 Å². The van der Waals surface area contributed by atoms with Crippen LogP contribution in [0.25, 0.3) is 6.08 Å². The lowest BCUT2D eigenvalue weighted by Crippen LogP contribution is -1.85. The molecule has 0 spiro atoms. The van der Waals surface area contributed by atoms with Gasteiger partial charge in [0.1, 0.15) is 0 Å². The summed E-state index contributed by atoms with van der Waals surface area (Å²) in [5.41, 5.74) is 1.23. The Hall–Kier alpha value is -0.730. The third kappa shape index (κ3) is 4.76. The normalized spacial score (nSPS) is 10.8. The second-order valence-electron chi connectivity index (χ2n) is 2.61. The van der Waals surface area contributed by atoms with Crippen LogP contribution in [-0.2, 0) is 0 Å². The van der Waals surface area contributed by atoms with E-state index in [1.165, 1.54) is 5.56 Å². The van der Waals surface area contributed by atoms with Crippen LogP contribution in [0, 0.1) is 0 Å². The van der Waals surface area contributed by atoms with Crippen LogP contribution in [0.15, 0.2) is 36.4 Å². The summed E-state index contributed by atoms with van der Waals surface area (Å²) in [5, 5.41) is 8.54. The monoisotopic (exact) mass is 194 g/mol. The van der Waals surface area contributed by atoms with Crippen LogP contribution in [0.2, 0.25) is 0 Å². The van der Waals surface area contributed by atoms with E-state index in [1.807, 2.05) is 18.2 Å². The molecule has 13 heavy (non-hydrogen) atoms. The zero-order chi connectivity index (χ0) is 9.36. The summed E-state index contributed by atoms with van der Waals surface area (Å²) in [6.07, 6.45) is 4.22. The van der Waals surface area contributed by atoms with Crippen LogP contribution in [0.1, 0.15) is 5.56 Å². The van der Waals surface area contributed by atoms with Crippen molar-refractivity contribution >= 4 is 17.8 Å². The molecule has 0 radical (unpaired) electrons. The van der Waals surface area contributed by atoms with Gasteiger partial charge in [-0.05, 0) is 5.56 Å². The molecule has 1 aromatic carbocycles. The first-order valence-electron chi connectivity index (χ1n) is 4.33. The van der Waals surface area contributed by atoms with Crippen LogP contribution in [0.5, 0.6) is 0 Å². The van der Waals surface area contributed by atoms with E-state index in [-0.39, 0.29) is 6.61 Å². The number of aliphatic hydroxyl groups is 1. The first kappa shape index (κ1) is 10.4. The van der Waals surface area contributed by atoms with Crippen molar-refractivity contribution in [3.63, 3.8) is 0 Å². The Bertz CT molecular complexity index is 244. The third-order valence-corrected chi connectivity index (χ3v) is 2.46. The first-order chi connectivity index (χ1) is 6.43. The zero-order valence-corrected chi connectivity index (χ0v) is 8.33. The van der Waals surface area contributed by atoms with E-state index < -0.39 is 0 Å². The maximum absolute atomic E-state index is 8.54. The van der Waals surface area contributed by atoms with Crippen molar-refractivity contribution in [3.05, 3.63) is 42.0 Å². The molecule has 1 rings (SSSR count). The molecule has 0 fully saturated rings. The number of benzene rings is 1. The van der Waals surface area contributed by atoms with Crippen molar-refractivity contribution < 1.29 is 5.11 Å². The molecule has 2 heteroatoms. The summed E-state index contributed by atoms with van der Waals surface area (Å²) >= 11 is 1.74. The Morgan fingerprint density at radius 2 is 2.00 bits per heavy atom. The maximum atomic E-state index is 8.54. The van der Waals surface area contributed by atoms with Gasteiger partial charge in [0.05, 0.1) is 6.61 Å². The summed E-state index contributed by atoms with van der Waals surface area (Å²) in [5.74, 6) is 1.79. The quantitative estimate of drug-likeness (QED) is 0.726. The van der Waals surface area contributed by atoms with E-state index in [1.54, 1.807) is 11.8 Å². The Labute approximate surface area is 83.5 Å². The SMILES string of the molecule is OCCSCC=Cc1ccccc1. The second-order valence-corrected chi connectivity index (χ2v) is 3.76. The van der Waals surface area contributed by atoms with Gasteiger partial charge < -0.3 is 5.11 Å². The highest BCUT2D eigenvalue weighted by Crippen LogP contribution is 2.04. The molecule has 0 bridgehead atoms. The number of hydrogen-bond donors (Lipinski definition) is 1. The predicted molar refractivity (Wildman–Crippen MR) is 59.9 cm³/mol. The molecule has 0 aliphatic rings. The van der Waals surface area contributed by atoms with Gasteiger partial charge in [0.25, 0.3) is 0 Å². The van der Waals surface area contributed by atoms with Gasteiger partial charge in [-0.25, -0.2) is 0 Å². The van der Waals surface area contributed by atoms with Crippen molar-refractivity contribution in [2.75, 3.05) is 18.1 Å². The molecule has 0 heterocycles. The molecule has 0 saturated carbocycles. The molecule has 0 saturated heterocycles. The van der Waals surface area contributed by atoms with Gasteiger partial charge in [-0.1, -0.05) is 42.5 Å². The minimum absolute atomic E-state index is 0.268. The lowest BCUT2D eigenvalue weighted by atomic mass is 10.2. The molecular weight excluding hydrogens is 180 g/mol. The summed E-state index contributed by atoms with van der Waals surface area (Å²) in [4.78, 5) is 0. The second kappa shape index (κ2) is 6.75. The van der Waals surface area contributed by atoms with Crippen LogP contribution >= 0.6 is 11.8 Å². The molecule has 0 aliphatic carbocycles. The maximum Gasteiger partial charge on any atom is 0.0521 e. The Morgan fingerprint density at radius 1 is 1.23 bits per heavy atom. The fourth-order valence-electron chi connectivity index (χ4n) is 0.964. The summed E-state index contributed by atoms with van der Waals surface area (Å²) in [7, 11) is 0. The standard InChI is InChI=1S/C11H14OS/c12-8-10-13-9-4-7-11-5-2-1-3-6-11/h1-7,12H,8-10H2. The largest absolute Gasteiger partial charge is 0.396 e. The Balaban J connectivity index is 2.25. The van der Waals surface area contributed by atoms with E-state index >= 15 is 0 Å². The lowest BCUT2D eigenvalue weighted by Gasteiger charge is -1.93. The molecule has 0 unspecified atom stereocenters. The molecule has 0 atom stereocenters. The van der Waals surface area contributed by atoms with Gasteiger partial charge in [-0.15, -0.1) is 0 Å². The van der Waals surface area contributed by atoms with Gasteiger partial charge in [-0.2, -0.15) is 11.8 Å². The highest BCUT2D eigenvalue weighted by Gasteiger charge is 1.84. The molecule has 0 aliphatic heterocycles. The van der Waals surface area contributed by atoms with Crippen molar-refractivity contribution in [2.24, 2.45) is 0 Å². The highest BCUT2D eigenvalue weighted by atomic mass is 32.2. The fourth-order valence-corrected chi connectivity index (χ4v) is 1.49. The van der Waals surface area contributed by atoms with E-state index in [9.17, 15) is 0 Å². The topological polar surface area (TPSA) is 20.2 Å². The minimum atomic E-state index is 0.268. The third-order valence-electron chi connectivity index (χ3n) is 1.56. The number of aliphatic hydroxyl groups excluding tert-OH is 1. The molecule has 0 amide bonds. The summed E-state index contributed by atoms with van der Waals surface area (Å²) in [6.45, 7) is 0.268. The van der Waals surface area contributed by atoms with Crippen LogP contribution in [-0.4, -0.2) is 23.2 Å². The Morgan fingerprint density at radius 3 is 2.69 bits per heavy atom. The van der Waals surface area contributed by atoms with E-state index in [0.717, 1.165) is 11.5 Å². The average molecular weight is 194 g/mol. The minimum Gasteiger partial charge on any atom is -0.396 e. The smallest absolute Gasteiger partial charge is 0.0521 e. The zero-order valence-electron chi connectivity index (χ0n) is 7.52. The highest BCUT2D eigenvalue weighted by molar-refractivity contribution is 7.99. The Kier molecular flexibility index (Phi) is 5.38. The van der Waals surface area contributed by atoms with E-state index in [2.05, 4.69) is 24.3 Å². The van der Waals surface area contributed by atoms with Crippen LogP contribution < -0.4 is 0 Å². The fraction of sp³-hybridized carbons (Fsp3) is 0.273. The van der Waals surface area contributed by atoms with Gasteiger partial charge in [-0.3, -0.25) is 0 Å². The average Bonchev–Trinajstić information content (AvgIpc) is 2.19. The van der Waals surface area contributed by atoms with E-state index in [4.69, 9.17) is 5.11 Å². The molecule has 1 aromatic rings. The molecule has 0 aromatic heterocycles. The van der Waals surface area contributed by atoms with Gasteiger partial charge in [0, 0.05) is 11.5 Å². The number of hydrogen-bond acceptors (Lipinski definition) is 2. The molecular formula is C11H14OS. The van der Waals surface area contributed by atoms with Crippen LogP contribution in [0.4, 0.5) is 0 Å². The van der Waals surface area contributed by atoms with Crippen molar-refractivity contribution in [1.29, 1.82) is 0 Å². The van der Waals surface area contributed by atoms with Crippen molar-refractivity contribution in [3.8, 4) is 0 Å². The summed E-state index contributed by atoms with van der Waals surface area (Å²) < 4.78 is 0. The van der Waals surface area contributed by atoms with Crippen LogP contribution in [0.3, 0.4) is 0 Å². The number of rotatable bonds is 5. The van der Waals surface area contributed by atoms with Gasteiger partial charge in [0.2, 0.25) is 0 Å². The number of thioether (sulfide) groups is 1. The first-order valence-corrected chi connectivity index (χ1v) is 5.49.